The van der Waals surface area contributed by atoms with Crippen molar-refractivity contribution in [2.45, 2.75) is 26.0 Å². The highest BCUT2D eigenvalue weighted by Crippen LogP contribution is 2.38. The van der Waals surface area contributed by atoms with E-state index in [4.69, 9.17) is 33.7 Å². The third-order valence-electron chi connectivity index (χ3n) is 4.71. The van der Waals surface area contributed by atoms with E-state index in [9.17, 15) is 4.39 Å². The number of nitrogens with zero attached hydrogens (tertiary/aromatic N) is 1. The first-order valence-electron chi connectivity index (χ1n) is 8.82. The Morgan fingerprint density at radius 2 is 2.14 bits per heavy atom. The lowest BCUT2D eigenvalue weighted by Crippen LogP contribution is -2.21. The van der Waals surface area contributed by atoms with Crippen molar-refractivity contribution < 1.29 is 9.13 Å². The molecule has 4 nitrogen and oxygen atoms in total. The lowest BCUT2D eigenvalue weighted by Gasteiger charge is -2.19. The van der Waals surface area contributed by atoms with Crippen LogP contribution >= 0.6 is 34.5 Å². The van der Waals surface area contributed by atoms with Crippen LogP contribution in [-0.4, -0.2) is 11.5 Å². The molecule has 0 aliphatic carbocycles. The van der Waals surface area contributed by atoms with Crippen LogP contribution in [0.25, 0.3) is 10.4 Å². The Labute approximate surface area is 176 Å². The molecule has 0 bridgehead atoms. The van der Waals surface area contributed by atoms with Gasteiger partial charge in [0.1, 0.15) is 11.9 Å². The standard InChI is InChI=1S/C20H18Cl2FN3OS/c1-10(18-13(21)2-3-14(23)19(18)22)27-15-6-12(8-26-20(15)24)16-7-11-4-5-25-9-17(11)28-16/h2-3,6-8,10,25H,4-5,9H2,1H3,(H2,24,26). The Bertz CT molecular complexity index is 1020. The molecule has 4 rings (SSSR count). The SMILES string of the molecule is CC(Oc1cc(-c2cc3c(s2)CNCC3)cnc1N)c1c(Cl)ccc(F)c1Cl. The quantitative estimate of drug-likeness (QED) is 0.519. The van der Waals surface area contributed by atoms with E-state index >= 15 is 0 Å². The Kier molecular flexibility index (Phi) is 5.47. The summed E-state index contributed by atoms with van der Waals surface area (Å²) in [6, 6.07) is 6.73. The van der Waals surface area contributed by atoms with Crippen molar-refractivity contribution in [1.29, 1.82) is 0 Å². The maximum Gasteiger partial charge on any atom is 0.166 e. The molecule has 1 unspecified atom stereocenters. The number of ether oxygens (including phenoxy) is 1. The van der Waals surface area contributed by atoms with Crippen LogP contribution in [0, 0.1) is 5.82 Å². The van der Waals surface area contributed by atoms with Crippen molar-refractivity contribution in [2.24, 2.45) is 0 Å². The molecule has 0 radical (unpaired) electrons. The average molecular weight is 438 g/mol. The number of thiophene rings is 1. The summed E-state index contributed by atoms with van der Waals surface area (Å²) in [5.74, 6) is 0.113. The van der Waals surface area contributed by atoms with Gasteiger partial charge in [0.2, 0.25) is 0 Å². The van der Waals surface area contributed by atoms with E-state index in [0.717, 1.165) is 30.0 Å². The summed E-state index contributed by atoms with van der Waals surface area (Å²) in [7, 11) is 0. The molecule has 3 heterocycles. The third kappa shape index (κ3) is 3.70. The fourth-order valence-electron chi connectivity index (χ4n) is 3.24. The fourth-order valence-corrected chi connectivity index (χ4v) is 5.08. The van der Waals surface area contributed by atoms with Crippen LogP contribution in [0.15, 0.2) is 30.5 Å². The zero-order chi connectivity index (χ0) is 19.8. The summed E-state index contributed by atoms with van der Waals surface area (Å²) < 4.78 is 19.8. The molecule has 0 fully saturated rings. The first kappa shape index (κ1) is 19.5. The highest BCUT2D eigenvalue weighted by molar-refractivity contribution is 7.15. The van der Waals surface area contributed by atoms with Crippen LogP contribution in [0.3, 0.4) is 0 Å². The van der Waals surface area contributed by atoms with Gasteiger partial charge in [0, 0.05) is 38.6 Å². The highest BCUT2D eigenvalue weighted by atomic mass is 35.5. The predicted octanol–water partition coefficient (Wildman–Crippen LogP) is 5.62. The van der Waals surface area contributed by atoms with Crippen LogP contribution < -0.4 is 15.8 Å². The zero-order valence-corrected chi connectivity index (χ0v) is 17.4. The van der Waals surface area contributed by atoms with Crippen molar-refractivity contribution in [2.75, 3.05) is 12.3 Å². The van der Waals surface area contributed by atoms with Crippen LogP contribution in [-0.2, 0) is 13.0 Å². The number of fused-ring (bicyclic) bond motifs is 1. The number of pyridine rings is 1. The average Bonchev–Trinajstić information content (AvgIpc) is 3.11. The van der Waals surface area contributed by atoms with Gasteiger partial charge >= 0.3 is 0 Å². The van der Waals surface area contributed by atoms with Gasteiger partial charge in [-0.25, -0.2) is 9.37 Å². The third-order valence-corrected chi connectivity index (χ3v) is 6.65. The molecular formula is C20H18Cl2FN3OS. The van der Waals surface area contributed by atoms with Crippen LogP contribution in [0.2, 0.25) is 10.0 Å². The lowest BCUT2D eigenvalue weighted by molar-refractivity contribution is 0.227. The van der Waals surface area contributed by atoms with Crippen LogP contribution in [0.1, 0.15) is 29.0 Å². The number of halogens is 3. The molecule has 0 saturated carbocycles. The van der Waals surface area contributed by atoms with Crippen molar-refractivity contribution in [3.05, 3.63) is 62.3 Å². The number of benzene rings is 1. The van der Waals surface area contributed by atoms with Gasteiger partial charge in [0.25, 0.3) is 0 Å². The monoisotopic (exact) mass is 437 g/mol. The number of aromatic nitrogens is 1. The van der Waals surface area contributed by atoms with Gasteiger partial charge < -0.3 is 15.8 Å². The minimum absolute atomic E-state index is 0.0545. The summed E-state index contributed by atoms with van der Waals surface area (Å²) in [5, 5.41) is 3.66. The number of anilines is 1. The Morgan fingerprint density at radius 1 is 1.32 bits per heavy atom. The van der Waals surface area contributed by atoms with Gasteiger partial charge in [-0.3, -0.25) is 0 Å². The maximum atomic E-state index is 13.8. The zero-order valence-electron chi connectivity index (χ0n) is 15.1. The second-order valence-corrected chi connectivity index (χ2v) is 8.53. The molecule has 0 amide bonds. The molecule has 1 aromatic carbocycles. The first-order valence-corrected chi connectivity index (χ1v) is 10.4. The molecule has 1 aliphatic heterocycles. The van der Waals surface area contributed by atoms with Crippen molar-refractivity contribution in [3.8, 4) is 16.2 Å². The lowest BCUT2D eigenvalue weighted by atomic mass is 10.1. The summed E-state index contributed by atoms with van der Waals surface area (Å²) in [6.45, 7) is 3.62. The fraction of sp³-hybridized carbons (Fsp3) is 0.250. The molecule has 3 aromatic rings. The van der Waals surface area contributed by atoms with Gasteiger partial charge in [0.05, 0.1) is 5.02 Å². The molecule has 28 heavy (non-hydrogen) atoms. The van der Waals surface area contributed by atoms with Crippen LogP contribution in [0.5, 0.6) is 5.75 Å². The molecule has 8 heteroatoms. The molecule has 2 aromatic heterocycles. The molecule has 0 saturated heterocycles. The number of nitrogen functional groups attached to an aromatic ring is 1. The minimum atomic E-state index is -0.601. The van der Waals surface area contributed by atoms with E-state index in [1.807, 2.05) is 6.07 Å². The van der Waals surface area contributed by atoms with Gasteiger partial charge in [0.15, 0.2) is 11.6 Å². The normalized spacial score (nSPS) is 14.6. The summed E-state index contributed by atoms with van der Waals surface area (Å²) in [4.78, 5) is 6.73. The van der Waals surface area contributed by atoms with Crippen LogP contribution in [0.4, 0.5) is 10.2 Å². The molecule has 0 spiro atoms. The Hall–Kier alpha value is -1.86. The molecule has 1 atom stereocenters. The van der Waals surface area contributed by atoms with Crippen molar-refractivity contribution in [1.82, 2.24) is 10.3 Å². The topological polar surface area (TPSA) is 60.2 Å². The highest BCUT2D eigenvalue weighted by Gasteiger charge is 2.21. The maximum absolute atomic E-state index is 13.8. The summed E-state index contributed by atoms with van der Waals surface area (Å²) >= 11 is 14.0. The van der Waals surface area contributed by atoms with E-state index in [1.165, 1.54) is 22.6 Å². The predicted molar refractivity (Wildman–Crippen MR) is 113 cm³/mol. The number of hydrogen-bond donors (Lipinski definition) is 2. The molecule has 1 aliphatic rings. The first-order chi connectivity index (χ1) is 13.4. The van der Waals surface area contributed by atoms with E-state index in [2.05, 4.69) is 16.4 Å². The largest absolute Gasteiger partial charge is 0.482 e. The van der Waals surface area contributed by atoms with Gasteiger partial charge in [-0.15, -0.1) is 11.3 Å². The van der Waals surface area contributed by atoms with E-state index in [0.29, 0.717) is 16.3 Å². The Morgan fingerprint density at radius 3 is 2.93 bits per heavy atom. The van der Waals surface area contributed by atoms with E-state index in [-0.39, 0.29) is 10.8 Å². The molecular weight excluding hydrogens is 420 g/mol. The molecule has 146 valence electrons. The van der Waals surface area contributed by atoms with Crippen molar-refractivity contribution >= 4 is 40.4 Å². The number of nitrogens with two attached hydrogens (primary N) is 1. The smallest absolute Gasteiger partial charge is 0.166 e. The van der Waals surface area contributed by atoms with Crippen molar-refractivity contribution in [3.63, 3.8) is 0 Å². The number of nitrogens with one attached hydrogen (secondary N) is 1. The summed E-state index contributed by atoms with van der Waals surface area (Å²) in [6.07, 6.45) is 2.15. The number of hydrogen-bond acceptors (Lipinski definition) is 5. The number of rotatable bonds is 4. The van der Waals surface area contributed by atoms with Gasteiger partial charge in [-0.05, 0) is 49.7 Å². The molecule has 3 N–H and O–H groups in total. The second kappa shape index (κ2) is 7.87. The second-order valence-electron chi connectivity index (χ2n) is 6.61. The van der Waals surface area contributed by atoms with E-state index < -0.39 is 11.9 Å². The van der Waals surface area contributed by atoms with Gasteiger partial charge in [-0.1, -0.05) is 23.2 Å². The Balaban J connectivity index is 1.65. The summed E-state index contributed by atoms with van der Waals surface area (Å²) in [5.41, 5.74) is 8.68. The van der Waals surface area contributed by atoms with E-state index in [1.54, 1.807) is 24.5 Å². The van der Waals surface area contributed by atoms with Gasteiger partial charge in [-0.2, -0.15) is 0 Å². The minimum Gasteiger partial charge on any atom is -0.482 e.